The molecule has 7 aromatic rings. The monoisotopic (exact) mass is 672 g/mol. The van der Waals surface area contributed by atoms with Crippen LogP contribution >= 0.6 is 0 Å². The van der Waals surface area contributed by atoms with Crippen LogP contribution in [0.15, 0.2) is 219 Å². The van der Waals surface area contributed by atoms with Crippen LogP contribution in [0.5, 0.6) is 0 Å². The zero-order chi connectivity index (χ0) is 39.8. The van der Waals surface area contributed by atoms with Crippen LogP contribution in [0, 0.1) is 5.92 Å². The van der Waals surface area contributed by atoms with E-state index in [-0.39, 0.29) is 23.7 Å². The van der Waals surface area contributed by atoms with Crippen LogP contribution in [-0.2, 0) is 5.41 Å². The SMILES string of the molecule is [2H]c1c([2H])c([2H])c(N(/C=C/C2=C(C=C)c3ccccc3C2(c2ccccc2)C(C=C)CC=C)c2ccc(-c3cc4ccccc4c4ccccc34)cc2)c([2H])c1[2H]. The first-order valence-electron chi connectivity index (χ1n) is 20.1. The second-order valence-corrected chi connectivity index (χ2v) is 13.0. The highest BCUT2D eigenvalue weighted by molar-refractivity contribution is 6.13. The highest BCUT2D eigenvalue weighted by atomic mass is 15.1. The fraction of sp³-hybridized carbons (Fsp3) is 0.0588. The van der Waals surface area contributed by atoms with Crippen LogP contribution in [0.3, 0.4) is 0 Å². The number of hydrogen-bond donors (Lipinski definition) is 0. The molecule has 0 aromatic heterocycles. The van der Waals surface area contributed by atoms with Gasteiger partial charge in [-0.15, -0.1) is 13.2 Å². The molecule has 1 aliphatic rings. The summed E-state index contributed by atoms with van der Waals surface area (Å²) < 4.78 is 43.8. The summed E-state index contributed by atoms with van der Waals surface area (Å²) in [5.74, 6) is -0.110. The van der Waals surface area contributed by atoms with E-state index in [1.54, 1.807) is 4.90 Å². The van der Waals surface area contributed by atoms with E-state index in [9.17, 15) is 0 Å². The van der Waals surface area contributed by atoms with E-state index in [1.165, 1.54) is 10.8 Å². The summed E-state index contributed by atoms with van der Waals surface area (Å²) in [6.07, 6.45) is 10.3. The zero-order valence-electron chi connectivity index (χ0n) is 33.9. The molecule has 52 heavy (non-hydrogen) atoms. The maximum Gasteiger partial charge on any atom is 0.0645 e. The number of rotatable bonds is 11. The van der Waals surface area contributed by atoms with E-state index in [0.717, 1.165) is 49.7 Å². The van der Waals surface area contributed by atoms with Gasteiger partial charge in [0.25, 0.3) is 0 Å². The van der Waals surface area contributed by atoms with Crippen molar-refractivity contribution in [3.63, 3.8) is 0 Å². The van der Waals surface area contributed by atoms with Crippen LogP contribution in [0.2, 0.25) is 0 Å². The molecule has 0 heterocycles. The van der Waals surface area contributed by atoms with Gasteiger partial charge in [-0.25, -0.2) is 0 Å². The Kier molecular flexibility index (Phi) is 7.38. The van der Waals surface area contributed by atoms with Crippen LogP contribution in [0.25, 0.3) is 38.2 Å². The van der Waals surface area contributed by atoms with Gasteiger partial charge in [-0.05, 0) is 109 Å². The van der Waals surface area contributed by atoms with Crippen molar-refractivity contribution in [2.45, 2.75) is 11.8 Å². The molecule has 7 aromatic carbocycles. The Labute approximate surface area is 314 Å². The normalized spacial score (nSPS) is 17.2. The summed E-state index contributed by atoms with van der Waals surface area (Å²) in [6.45, 7) is 12.7. The van der Waals surface area contributed by atoms with E-state index in [1.807, 2.05) is 85.1 Å². The molecule has 2 unspecified atom stereocenters. The van der Waals surface area contributed by atoms with Crippen molar-refractivity contribution in [1.29, 1.82) is 0 Å². The Hall–Kier alpha value is -6.44. The lowest BCUT2D eigenvalue weighted by molar-refractivity contribution is 0.458. The lowest BCUT2D eigenvalue weighted by Gasteiger charge is -2.40. The van der Waals surface area contributed by atoms with Gasteiger partial charge >= 0.3 is 0 Å². The highest BCUT2D eigenvalue weighted by Crippen LogP contribution is 2.56. The van der Waals surface area contributed by atoms with Gasteiger partial charge in [0.2, 0.25) is 0 Å². The molecule has 1 heteroatoms. The number of hydrogen-bond acceptors (Lipinski definition) is 1. The molecule has 0 fully saturated rings. The Balaban J connectivity index is 1.36. The molecule has 0 aliphatic heterocycles. The minimum atomic E-state index is -0.708. The second kappa shape index (κ2) is 14.1. The van der Waals surface area contributed by atoms with Gasteiger partial charge in [-0.3, -0.25) is 0 Å². The zero-order valence-corrected chi connectivity index (χ0v) is 28.9. The fourth-order valence-corrected chi connectivity index (χ4v) is 8.16. The molecule has 8 rings (SSSR count). The Morgan fingerprint density at radius 1 is 0.654 bits per heavy atom. The van der Waals surface area contributed by atoms with Gasteiger partial charge in [0.1, 0.15) is 0 Å². The summed E-state index contributed by atoms with van der Waals surface area (Å²) in [4.78, 5) is 1.71. The number of allylic oxidation sites excluding steroid dienone is 6. The highest BCUT2D eigenvalue weighted by Gasteiger charge is 2.48. The largest absolute Gasteiger partial charge is 0.317 e. The van der Waals surface area contributed by atoms with Crippen LogP contribution < -0.4 is 4.90 Å². The third kappa shape index (κ3) is 5.43. The molecule has 1 aliphatic carbocycles. The molecule has 0 saturated carbocycles. The molecule has 0 spiro atoms. The predicted octanol–water partition coefficient (Wildman–Crippen LogP) is 13.6. The maximum atomic E-state index is 9.09. The lowest BCUT2D eigenvalue weighted by Crippen LogP contribution is -2.36. The van der Waals surface area contributed by atoms with Crippen molar-refractivity contribution in [2.24, 2.45) is 5.92 Å². The predicted molar refractivity (Wildman–Crippen MR) is 224 cm³/mol. The molecular formula is C51H41N. The summed E-state index contributed by atoms with van der Waals surface area (Å²) in [5.41, 5.74) is 7.18. The molecule has 0 radical (unpaired) electrons. The Bertz CT molecular complexity index is 2750. The summed E-state index contributed by atoms with van der Waals surface area (Å²) in [5, 5.41) is 4.62. The van der Waals surface area contributed by atoms with Gasteiger partial charge in [-0.1, -0.05) is 158 Å². The van der Waals surface area contributed by atoms with Crippen LogP contribution in [-0.4, -0.2) is 0 Å². The number of anilines is 2. The Morgan fingerprint density at radius 3 is 2.06 bits per heavy atom. The summed E-state index contributed by atoms with van der Waals surface area (Å²) >= 11 is 0. The van der Waals surface area contributed by atoms with E-state index in [0.29, 0.717) is 12.1 Å². The third-order valence-electron chi connectivity index (χ3n) is 10.4. The van der Waals surface area contributed by atoms with Gasteiger partial charge < -0.3 is 4.90 Å². The first-order chi connectivity index (χ1) is 27.8. The van der Waals surface area contributed by atoms with Crippen molar-refractivity contribution in [3.05, 3.63) is 236 Å². The third-order valence-corrected chi connectivity index (χ3v) is 10.4. The minimum Gasteiger partial charge on any atom is -0.317 e. The van der Waals surface area contributed by atoms with Gasteiger partial charge in [0, 0.05) is 17.6 Å². The number of fused-ring (bicyclic) bond motifs is 4. The molecule has 0 saturated heterocycles. The summed E-state index contributed by atoms with van der Waals surface area (Å²) in [6, 6.07) is 43.8. The van der Waals surface area contributed by atoms with Crippen LogP contribution in [0.4, 0.5) is 11.4 Å². The molecule has 250 valence electrons. The minimum absolute atomic E-state index is 0.0501. The molecule has 0 N–H and O–H groups in total. The standard InChI is InChI=1S/C51H41N/c1-4-19-39(5-2)51(40-21-9-7-10-22-40)49-29-18-17-28-47(49)43(6-3)50(51)34-35-52(41-23-11-8-12-24-41)42-32-30-37(31-33-42)48-36-38-20-13-14-25-44(38)45-26-15-16-27-46(45)48/h4-18,20-36,39H,1-3,19H2/b35-34+/i8D,11D,12D,23D,24D. The number of benzene rings is 7. The van der Waals surface area contributed by atoms with E-state index in [4.69, 9.17) is 6.85 Å². The van der Waals surface area contributed by atoms with E-state index >= 15 is 0 Å². The molecule has 0 amide bonds. The van der Waals surface area contributed by atoms with Gasteiger partial charge in [0.15, 0.2) is 0 Å². The fourth-order valence-electron chi connectivity index (χ4n) is 8.16. The lowest BCUT2D eigenvalue weighted by atomic mass is 9.62. The van der Waals surface area contributed by atoms with Crippen LogP contribution in [0.1, 0.15) is 30.0 Å². The van der Waals surface area contributed by atoms with Crippen molar-refractivity contribution in [3.8, 4) is 11.1 Å². The molecular weight excluding hydrogens is 627 g/mol. The Morgan fingerprint density at radius 2 is 1.33 bits per heavy atom. The average Bonchev–Trinajstić information content (AvgIpc) is 3.55. The maximum absolute atomic E-state index is 9.09. The topological polar surface area (TPSA) is 3.24 Å². The second-order valence-electron chi connectivity index (χ2n) is 13.0. The average molecular weight is 673 g/mol. The van der Waals surface area contributed by atoms with Crippen molar-refractivity contribution < 1.29 is 6.85 Å². The van der Waals surface area contributed by atoms with E-state index in [2.05, 4.69) is 98.6 Å². The smallest absolute Gasteiger partial charge is 0.0645 e. The van der Waals surface area contributed by atoms with Crippen molar-refractivity contribution >= 4 is 38.5 Å². The van der Waals surface area contributed by atoms with Gasteiger partial charge in [0.05, 0.1) is 12.3 Å². The van der Waals surface area contributed by atoms with Crippen molar-refractivity contribution in [1.82, 2.24) is 0 Å². The number of nitrogens with zero attached hydrogens (tertiary/aromatic N) is 1. The first-order valence-corrected chi connectivity index (χ1v) is 17.6. The quantitative estimate of drug-likeness (QED) is 0.0976. The van der Waals surface area contributed by atoms with Gasteiger partial charge in [-0.2, -0.15) is 0 Å². The summed E-state index contributed by atoms with van der Waals surface area (Å²) in [7, 11) is 0. The van der Waals surface area contributed by atoms with Crippen molar-refractivity contribution in [2.75, 3.05) is 4.90 Å². The van der Waals surface area contributed by atoms with E-state index < -0.39 is 23.5 Å². The molecule has 1 nitrogen and oxygen atoms in total. The molecule has 0 bridgehead atoms. The number of para-hydroxylation sites is 1. The first kappa shape index (κ1) is 27.3. The molecule has 2 atom stereocenters.